The van der Waals surface area contributed by atoms with Gasteiger partial charge in [-0.05, 0) is 30.7 Å². The van der Waals surface area contributed by atoms with Gasteiger partial charge in [-0.3, -0.25) is 14.9 Å². The Bertz CT molecular complexity index is 722. The molecule has 0 atom stereocenters. The molecule has 0 saturated heterocycles. The van der Waals surface area contributed by atoms with Crippen LogP contribution >= 0.6 is 15.9 Å². The van der Waals surface area contributed by atoms with E-state index in [4.69, 9.17) is 0 Å². The largest absolute Gasteiger partial charge is 0.329 e. The monoisotopic (exact) mass is 408 g/mol. The molecule has 6 nitrogen and oxygen atoms in total. The lowest BCUT2D eigenvalue weighted by atomic mass is 10.2. The van der Waals surface area contributed by atoms with Crippen molar-refractivity contribution in [1.82, 2.24) is 14.9 Å². The Balaban J connectivity index is 2.05. The summed E-state index contributed by atoms with van der Waals surface area (Å²) in [5.74, 6) is -1.25. The molecule has 1 aromatic carbocycles. The van der Waals surface area contributed by atoms with E-state index in [0.717, 1.165) is 29.7 Å². The first-order valence-electron chi connectivity index (χ1n) is 7.82. The Morgan fingerprint density at radius 3 is 2.44 bits per heavy atom. The van der Waals surface area contributed by atoms with Crippen LogP contribution in [0, 0.1) is 5.82 Å². The van der Waals surface area contributed by atoms with Gasteiger partial charge < -0.3 is 4.90 Å². The van der Waals surface area contributed by atoms with Gasteiger partial charge in [0.1, 0.15) is 6.54 Å². The molecule has 0 unspecified atom stereocenters. The van der Waals surface area contributed by atoms with Gasteiger partial charge in [0.15, 0.2) is 5.82 Å². The second-order valence-corrected chi connectivity index (χ2v) is 6.28. The van der Waals surface area contributed by atoms with Crippen LogP contribution in [0.4, 0.5) is 10.3 Å². The second kappa shape index (κ2) is 9.22. The van der Waals surface area contributed by atoms with Crippen LogP contribution in [0.5, 0.6) is 0 Å². The molecule has 0 fully saturated rings. The van der Waals surface area contributed by atoms with Crippen LogP contribution in [0.2, 0.25) is 0 Å². The van der Waals surface area contributed by atoms with E-state index < -0.39 is 11.7 Å². The van der Waals surface area contributed by atoms with Crippen molar-refractivity contribution in [3.05, 3.63) is 52.5 Å². The Morgan fingerprint density at radius 1 is 1.20 bits per heavy atom. The molecule has 0 aliphatic carbocycles. The van der Waals surface area contributed by atoms with E-state index in [1.165, 1.54) is 4.90 Å². The molecule has 25 heavy (non-hydrogen) atoms. The summed E-state index contributed by atoms with van der Waals surface area (Å²) in [5.41, 5.74) is 0.505. The summed E-state index contributed by atoms with van der Waals surface area (Å²) in [6.07, 6.45) is 3.60. The van der Waals surface area contributed by atoms with Crippen molar-refractivity contribution < 1.29 is 14.0 Å². The number of nitrogens with zero attached hydrogens (tertiary/aromatic N) is 3. The van der Waals surface area contributed by atoms with Crippen molar-refractivity contribution in [1.29, 1.82) is 0 Å². The molecule has 2 rings (SSSR count). The normalized spacial score (nSPS) is 10.4. The van der Waals surface area contributed by atoms with Gasteiger partial charge in [-0.25, -0.2) is 14.4 Å². The number of nitrogens with one attached hydrogen (secondary N) is 1. The zero-order chi connectivity index (χ0) is 18.2. The molecule has 0 spiro atoms. The predicted molar refractivity (Wildman–Crippen MR) is 95.6 cm³/mol. The summed E-state index contributed by atoms with van der Waals surface area (Å²) in [4.78, 5) is 33.6. The summed E-state index contributed by atoms with van der Waals surface area (Å²) >= 11 is 3.33. The standard InChI is InChI=1S/C17H18BrFN4O2/c1-2-3-8-23(16(25)12-4-6-13(18)7-5-12)11-15(24)22-17-20-9-14(19)10-21-17/h4-7,9-10H,2-3,8,11H2,1H3,(H,20,21,22,24). The second-order valence-electron chi connectivity index (χ2n) is 5.36. The van der Waals surface area contributed by atoms with E-state index in [0.29, 0.717) is 12.1 Å². The number of unbranched alkanes of at least 4 members (excludes halogenated alkanes) is 1. The number of rotatable bonds is 7. The zero-order valence-corrected chi connectivity index (χ0v) is 15.3. The molecule has 2 aromatic rings. The van der Waals surface area contributed by atoms with Crippen LogP contribution in [0.25, 0.3) is 0 Å². The van der Waals surface area contributed by atoms with Crippen LogP contribution in [0.15, 0.2) is 41.1 Å². The highest BCUT2D eigenvalue weighted by Crippen LogP contribution is 2.13. The summed E-state index contributed by atoms with van der Waals surface area (Å²) < 4.78 is 13.7. The Hall–Kier alpha value is -2.35. The van der Waals surface area contributed by atoms with Crippen molar-refractivity contribution in [2.45, 2.75) is 19.8 Å². The molecule has 0 aliphatic rings. The third-order valence-corrected chi connectivity index (χ3v) is 3.89. The third kappa shape index (κ3) is 5.90. The fourth-order valence-electron chi connectivity index (χ4n) is 2.09. The van der Waals surface area contributed by atoms with Gasteiger partial charge >= 0.3 is 0 Å². The first-order chi connectivity index (χ1) is 12.0. The summed E-state index contributed by atoms with van der Waals surface area (Å²) in [6, 6.07) is 6.95. The molecule has 0 saturated carbocycles. The number of aromatic nitrogens is 2. The Labute approximate surface area is 153 Å². The molecule has 2 amide bonds. The highest BCUT2D eigenvalue weighted by molar-refractivity contribution is 9.10. The maximum atomic E-state index is 12.8. The SMILES string of the molecule is CCCCN(CC(=O)Nc1ncc(F)cn1)C(=O)c1ccc(Br)cc1. The van der Waals surface area contributed by atoms with Crippen LogP contribution in [-0.2, 0) is 4.79 Å². The van der Waals surface area contributed by atoms with Crippen LogP contribution in [0.1, 0.15) is 30.1 Å². The number of halogens is 2. The van der Waals surface area contributed by atoms with Crippen LogP contribution < -0.4 is 5.32 Å². The lowest BCUT2D eigenvalue weighted by molar-refractivity contribution is -0.117. The fraction of sp³-hybridized carbons (Fsp3) is 0.294. The lowest BCUT2D eigenvalue weighted by Gasteiger charge is -2.22. The molecule has 1 N–H and O–H groups in total. The van der Waals surface area contributed by atoms with E-state index in [1.807, 2.05) is 6.92 Å². The molecule has 8 heteroatoms. The van der Waals surface area contributed by atoms with E-state index in [1.54, 1.807) is 24.3 Å². The van der Waals surface area contributed by atoms with Gasteiger partial charge in [0.05, 0.1) is 12.4 Å². The first kappa shape index (κ1) is 19.0. The lowest BCUT2D eigenvalue weighted by Crippen LogP contribution is -2.38. The molecule has 1 aromatic heterocycles. The van der Waals surface area contributed by atoms with Crippen molar-refractivity contribution in [2.75, 3.05) is 18.4 Å². The van der Waals surface area contributed by atoms with Gasteiger partial charge in [-0.1, -0.05) is 29.3 Å². The minimum Gasteiger partial charge on any atom is -0.329 e. The molecule has 1 heterocycles. The smallest absolute Gasteiger partial charge is 0.254 e. The molecule has 0 bridgehead atoms. The Kier molecular flexibility index (Phi) is 7.00. The highest BCUT2D eigenvalue weighted by atomic mass is 79.9. The maximum absolute atomic E-state index is 12.8. The minimum atomic E-state index is -0.590. The van der Waals surface area contributed by atoms with E-state index in [9.17, 15) is 14.0 Å². The number of hydrogen-bond acceptors (Lipinski definition) is 4. The number of amides is 2. The van der Waals surface area contributed by atoms with Crippen LogP contribution in [0.3, 0.4) is 0 Å². The summed E-state index contributed by atoms with van der Waals surface area (Å²) in [6.45, 7) is 2.34. The number of anilines is 1. The van der Waals surface area contributed by atoms with Crippen molar-refractivity contribution in [2.24, 2.45) is 0 Å². The average Bonchev–Trinajstić information content (AvgIpc) is 2.60. The van der Waals surface area contributed by atoms with E-state index in [-0.39, 0.29) is 18.4 Å². The van der Waals surface area contributed by atoms with Gasteiger partial charge in [0.2, 0.25) is 11.9 Å². The first-order valence-corrected chi connectivity index (χ1v) is 8.61. The zero-order valence-electron chi connectivity index (χ0n) is 13.7. The van der Waals surface area contributed by atoms with Gasteiger partial charge in [-0.2, -0.15) is 0 Å². The number of carbonyl (C=O) groups excluding carboxylic acids is 2. The molecule has 132 valence electrons. The van der Waals surface area contributed by atoms with E-state index in [2.05, 4.69) is 31.2 Å². The van der Waals surface area contributed by atoms with Crippen LogP contribution in [-0.4, -0.2) is 39.8 Å². The van der Waals surface area contributed by atoms with Crippen molar-refractivity contribution in [3.8, 4) is 0 Å². The Morgan fingerprint density at radius 2 is 1.84 bits per heavy atom. The summed E-state index contributed by atoms with van der Waals surface area (Å²) in [7, 11) is 0. The van der Waals surface area contributed by atoms with Gasteiger partial charge in [0.25, 0.3) is 5.91 Å². The topological polar surface area (TPSA) is 75.2 Å². The molecule has 0 aliphatic heterocycles. The number of hydrogen-bond donors (Lipinski definition) is 1. The summed E-state index contributed by atoms with van der Waals surface area (Å²) in [5, 5.41) is 2.46. The van der Waals surface area contributed by atoms with Gasteiger partial charge in [0, 0.05) is 16.6 Å². The predicted octanol–water partition coefficient (Wildman–Crippen LogP) is 3.26. The van der Waals surface area contributed by atoms with Crippen molar-refractivity contribution in [3.63, 3.8) is 0 Å². The highest BCUT2D eigenvalue weighted by Gasteiger charge is 2.19. The number of carbonyl (C=O) groups is 2. The molecular weight excluding hydrogens is 391 g/mol. The number of benzene rings is 1. The molecular formula is C17H18BrFN4O2. The quantitative estimate of drug-likeness (QED) is 0.762. The average molecular weight is 409 g/mol. The maximum Gasteiger partial charge on any atom is 0.254 e. The molecule has 0 radical (unpaired) electrons. The fourth-order valence-corrected chi connectivity index (χ4v) is 2.36. The van der Waals surface area contributed by atoms with E-state index >= 15 is 0 Å². The van der Waals surface area contributed by atoms with Gasteiger partial charge in [-0.15, -0.1) is 0 Å². The third-order valence-electron chi connectivity index (χ3n) is 3.37. The minimum absolute atomic E-state index is 0.00191. The van der Waals surface area contributed by atoms with Crippen molar-refractivity contribution >= 4 is 33.7 Å².